The number of carbonyl (C=O) groups excluding carboxylic acids is 1. The van der Waals surface area contributed by atoms with Gasteiger partial charge in [0, 0.05) is 39.4 Å². The molecule has 6 nitrogen and oxygen atoms in total. The molecule has 1 aromatic rings. The van der Waals surface area contributed by atoms with Crippen LogP contribution in [0.15, 0.2) is 29.3 Å². The van der Waals surface area contributed by atoms with E-state index >= 15 is 0 Å². The first-order valence-electron chi connectivity index (χ1n) is 8.90. The molecule has 0 aromatic heterocycles. The van der Waals surface area contributed by atoms with Crippen molar-refractivity contribution < 1.29 is 9.53 Å². The predicted octanol–water partition coefficient (Wildman–Crippen LogP) is 2.43. The Kier molecular flexibility index (Phi) is 14.0. The monoisotopic (exact) mass is 476 g/mol. The summed E-state index contributed by atoms with van der Waals surface area (Å²) >= 11 is 0. The number of guanidine groups is 1. The summed E-state index contributed by atoms with van der Waals surface area (Å²) in [6.45, 7) is 7.32. The quantitative estimate of drug-likeness (QED) is 0.210. The highest BCUT2D eigenvalue weighted by Crippen LogP contribution is 2.05. The van der Waals surface area contributed by atoms with Gasteiger partial charge < -0.3 is 20.7 Å². The van der Waals surface area contributed by atoms with Gasteiger partial charge in [-0.05, 0) is 36.5 Å². The summed E-state index contributed by atoms with van der Waals surface area (Å²) in [5, 5.41) is 9.14. The number of nitrogens with zero attached hydrogens (tertiary/aromatic N) is 1. The molecule has 1 aromatic carbocycles. The second-order valence-corrected chi connectivity index (χ2v) is 6.25. The van der Waals surface area contributed by atoms with Gasteiger partial charge in [-0.1, -0.05) is 26.0 Å². The summed E-state index contributed by atoms with van der Waals surface area (Å²) in [5.41, 5.74) is 1.79. The first-order valence-corrected chi connectivity index (χ1v) is 8.90. The van der Waals surface area contributed by atoms with E-state index in [0.717, 1.165) is 44.1 Å². The Hall–Kier alpha value is -1.35. The van der Waals surface area contributed by atoms with Gasteiger partial charge in [0.25, 0.3) is 5.91 Å². The van der Waals surface area contributed by atoms with Crippen LogP contribution in [0, 0.1) is 5.92 Å². The fraction of sp³-hybridized carbons (Fsp3) is 0.579. The van der Waals surface area contributed by atoms with Gasteiger partial charge in [0.15, 0.2) is 5.96 Å². The van der Waals surface area contributed by atoms with Gasteiger partial charge in [-0.3, -0.25) is 9.79 Å². The van der Waals surface area contributed by atoms with Crippen molar-refractivity contribution >= 4 is 35.8 Å². The number of hydrogen-bond acceptors (Lipinski definition) is 3. The van der Waals surface area contributed by atoms with Crippen molar-refractivity contribution in [2.45, 2.75) is 26.7 Å². The molecule has 0 unspecified atom stereocenters. The number of carbonyl (C=O) groups is 1. The molecule has 0 aliphatic heterocycles. The van der Waals surface area contributed by atoms with Crippen LogP contribution in [0.5, 0.6) is 0 Å². The zero-order valence-corrected chi connectivity index (χ0v) is 18.6. The molecule has 148 valence electrons. The van der Waals surface area contributed by atoms with Crippen molar-refractivity contribution in [2.24, 2.45) is 10.9 Å². The third-order valence-electron chi connectivity index (χ3n) is 3.72. The van der Waals surface area contributed by atoms with Crippen molar-refractivity contribution in [2.75, 3.05) is 40.4 Å². The van der Waals surface area contributed by atoms with Gasteiger partial charge in [-0.25, -0.2) is 0 Å². The molecule has 0 fully saturated rings. The number of amides is 1. The molecule has 0 spiro atoms. The Labute approximate surface area is 174 Å². The highest BCUT2D eigenvalue weighted by atomic mass is 127. The standard InChI is InChI=1S/C19H32N4O2.HI/c1-15(2)9-12-25-13-11-23-19(21-4)22-10-8-16-6-5-7-17(14-16)18(24)20-3;/h5-7,14-15H,8-13H2,1-4H3,(H,20,24)(H2,21,22,23);1H. The summed E-state index contributed by atoms with van der Waals surface area (Å²) in [6, 6.07) is 7.66. The first kappa shape index (κ1) is 24.7. The highest BCUT2D eigenvalue weighted by molar-refractivity contribution is 14.0. The van der Waals surface area contributed by atoms with Gasteiger partial charge in [-0.15, -0.1) is 24.0 Å². The van der Waals surface area contributed by atoms with Crippen LogP contribution in [0.3, 0.4) is 0 Å². The first-order chi connectivity index (χ1) is 12.1. The third-order valence-corrected chi connectivity index (χ3v) is 3.72. The Bertz CT molecular complexity index is 550. The SMILES string of the molecule is CN=C(NCCOCCC(C)C)NCCc1cccc(C(=O)NC)c1.I. The maximum absolute atomic E-state index is 11.7. The lowest BCUT2D eigenvalue weighted by atomic mass is 10.1. The van der Waals surface area contributed by atoms with E-state index in [1.54, 1.807) is 14.1 Å². The molecule has 26 heavy (non-hydrogen) atoms. The maximum Gasteiger partial charge on any atom is 0.251 e. The molecule has 0 radical (unpaired) electrons. The van der Waals surface area contributed by atoms with Crippen LogP contribution in [0.25, 0.3) is 0 Å². The predicted molar refractivity (Wildman–Crippen MR) is 119 cm³/mol. The average molecular weight is 476 g/mol. The molecule has 3 N–H and O–H groups in total. The Morgan fingerprint density at radius 1 is 1.19 bits per heavy atom. The molecule has 1 rings (SSSR count). The minimum absolute atomic E-state index is 0. The number of hydrogen-bond donors (Lipinski definition) is 3. The summed E-state index contributed by atoms with van der Waals surface area (Å²) in [7, 11) is 3.39. The van der Waals surface area contributed by atoms with Gasteiger partial charge in [0.2, 0.25) is 0 Å². The summed E-state index contributed by atoms with van der Waals surface area (Å²) < 4.78 is 5.58. The molecule has 0 bridgehead atoms. The van der Waals surface area contributed by atoms with Crippen LogP contribution in [-0.2, 0) is 11.2 Å². The van der Waals surface area contributed by atoms with E-state index in [9.17, 15) is 4.79 Å². The van der Waals surface area contributed by atoms with E-state index in [2.05, 4.69) is 34.8 Å². The number of benzene rings is 1. The normalized spacial score (nSPS) is 11.0. The molecular formula is C19H33IN4O2. The lowest BCUT2D eigenvalue weighted by Crippen LogP contribution is -2.39. The second kappa shape index (κ2) is 14.8. The maximum atomic E-state index is 11.7. The molecule has 0 saturated heterocycles. The zero-order chi connectivity index (χ0) is 18.5. The number of rotatable bonds is 10. The molecular weight excluding hydrogens is 443 g/mol. The van der Waals surface area contributed by atoms with Crippen molar-refractivity contribution in [3.05, 3.63) is 35.4 Å². The van der Waals surface area contributed by atoms with Gasteiger partial charge in [0.05, 0.1) is 6.61 Å². The van der Waals surface area contributed by atoms with E-state index in [1.807, 2.05) is 24.3 Å². The van der Waals surface area contributed by atoms with Crippen LogP contribution in [0.2, 0.25) is 0 Å². The summed E-state index contributed by atoms with van der Waals surface area (Å²) in [4.78, 5) is 15.9. The largest absolute Gasteiger partial charge is 0.380 e. The molecule has 0 aliphatic rings. The Balaban J connectivity index is 0.00000625. The number of ether oxygens (including phenoxy) is 1. The Morgan fingerprint density at radius 3 is 2.58 bits per heavy atom. The topological polar surface area (TPSA) is 74.8 Å². The van der Waals surface area contributed by atoms with E-state index in [1.165, 1.54) is 0 Å². The van der Waals surface area contributed by atoms with Crippen molar-refractivity contribution in [1.82, 2.24) is 16.0 Å². The minimum atomic E-state index is -0.0650. The molecule has 1 amide bonds. The fourth-order valence-electron chi connectivity index (χ4n) is 2.22. The van der Waals surface area contributed by atoms with Crippen molar-refractivity contribution in [3.63, 3.8) is 0 Å². The second-order valence-electron chi connectivity index (χ2n) is 6.25. The lowest BCUT2D eigenvalue weighted by molar-refractivity contribution is 0.0963. The summed E-state index contributed by atoms with van der Waals surface area (Å²) in [6.07, 6.45) is 1.90. The third kappa shape index (κ3) is 10.6. The average Bonchev–Trinajstić information content (AvgIpc) is 2.62. The number of aliphatic imine (C=N–C) groups is 1. The van der Waals surface area contributed by atoms with Crippen molar-refractivity contribution in [1.29, 1.82) is 0 Å². The molecule has 0 aliphatic carbocycles. The smallest absolute Gasteiger partial charge is 0.251 e. The van der Waals surface area contributed by atoms with Crippen LogP contribution >= 0.6 is 24.0 Å². The minimum Gasteiger partial charge on any atom is -0.380 e. The van der Waals surface area contributed by atoms with E-state index in [-0.39, 0.29) is 29.9 Å². The zero-order valence-electron chi connectivity index (χ0n) is 16.3. The van der Waals surface area contributed by atoms with Crippen LogP contribution in [0.4, 0.5) is 0 Å². The van der Waals surface area contributed by atoms with Crippen LogP contribution in [-0.4, -0.2) is 52.3 Å². The van der Waals surface area contributed by atoms with E-state index in [0.29, 0.717) is 18.1 Å². The highest BCUT2D eigenvalue weighted by Gasteiger charge is 2.04. The van der Waals surface area contributed by atoms with Gasteiger partial charge in [-0.2, -0.15) is 0 Å². The van der Waals surface area contributed by atoms with Gasteiger partial charge in [0.1, 0.15) is 0 Å². The molecule has 7 heteroatoms. The van der Waals surface area contributed by atoms with Crippen molar-refractivity contribution in [3.8, 4) is 0 Å². The number of nitrogens with one attached hydrogen (secondary N) is 3. The lowest BCUT2D eigenvalue weighted by Gasteiger charge is -2.12. The Morgan fingerprint density at radius 2 is 1.92 bits per heavy atom. The fourth-order valence-corrected chi connectivity index (χ4v) is 2.22. The molecule has 0 heterocycles. The van der Waals surface area contributed by atoms with Gasteiger partial charge >= 0.3 is 0 Å². The van der Waals surface area contributed by atoms with E-state index < -0.39 is 0 Å². The van der Waals surface area contributed by atoms with Crippen LogP contribution in [0.1, 0.15) is 36.2 Å². The van der Waals surface area contributed by atoms with E-state index in [4.69, 9.17) is 4.74 Å². The number of halogens is 1. The molecule has 0 atom stereocenters. The van der Waals surface area contributed by atoms with Crippen LogP contribution < -0.4 is 16.0 Å². The molecule has 0 saturated carbocycles. The summed E-state index contributed by atoms with van der Waals surface area (Å²) in [5.74, 6) is 1.36.